The number of hydrogen-bond acceptors (Lipinski definition) is 3. The maximum absolute atomic E-state index is 14.0. The number of pyridine rings is 1. The van der Waals surface area contributed by atoms with Gasteiger partial charge in [-0.05, 0) is 55.3 Å². The molecule has 0 saturated heterocycles. The van der Waals surface area contributed by atoms with Gasteiger partial charge in [-0.1, -0.05) is 48.2 Å². The Hall–Kier alpha value is -4.50. The summed E-state index contributed by atoms with van der Waals surface area (Å²) in [6.07, 6.45) is 1.71. The Morgan fingerprint density at radius 3 is 2.45 bits per heavy atom. The highest BCUT2D eigenvalue weighted by atomic mass is 19.1. The molecule has 5 nitrogen and oxygen atoms in total. The summed E-state index contributed by atoms with van der Waals surface area (Å²) >= 11 is 0. The maximum atomic E-state index is 14.0. The zero-order valence-electron chi connectivity index (χ0n) is 18.1. The number of halogens is 1. The molecule has 2 N–H and O–H groups in total. The topological polar surface area (TPSA) is 71.1 Å². The van der Waals surface area contributed by atoms with Gasteiger partial charge in [-0.15, -0.1) is 0 Å². The van der Waals surface area contributed by atoms with E-state index in [9.17, 15) is 14.0 Å². The molecule has 0 aliphatic carbocycles. The first-order valence-electron chi connectivity index (χ1n) is 10.3. The minimum Gasteiger partial charge on any atom is -0.267 e. The Labute approximate surface area is 190 Å². The third kappa shape index (κ3) is 4.89. The number of nitrogens with zero attached hydrogens (tertiary/aromatic N) is 1. The lowest BCUT2D eigenvalue weighted by Crippen LogP contribution is -2.42. The molecule has 0 aliphatic rings. The SMILES string of the molecule is Cc1ccc(C(=O)NNC(=O)c2c(C)cccc2F)cc1C#Cc1cnc2ccccc2c1. The van der Waals surface area contributed by atoms with Crippen molar-refractivity contribution in [2.45, 2.75) is 13.8 Å². The fraction of sp³-hybridized carbons (Fsp3) is 0.0741. The molecule has 0 bridgehead atoms. The van der Waals surface area contributed by atoms with E-state index in [0.29, 0.717) is 16.7 Å². The Bertz CT molecular complexity index is 1430. The van der Waals surface area contributed by atoms with Crippen molar-refractivity contribution in [1.82, 2.24) is 15.8 Å². The van der Waals surface area contributed by atoms with Gasteiger partial charge in [0.05, 0.1) is 11.1 Å². The monoisotopic (exact) mass is 437 g/mol. The van der Waals surface area contributed by atoms with E-state index in [0.717, 1.165) is 22.0 Å². The highest BCUT2D eigenvalue weighted by Gasteiger charge is 2.15. The van der Waals surface area contributed by atoms with E-state index in [-0.39, 0.29) is 5.56 Å². The lowest BCUT2D eigenvalue weighted by atomic mass is 10.0. The van der Waals surface area contributed by atoms with Gasteiger partial charge in [0.25, 0.3) is 11.8 Å². The lowest BCUT2D eigenvalue weighted by molar-refractivity contribution is 0.0844. The van der Waals surface area contributed by atoms with Crippen LogP contribution in [0, 0.1) is 31.5 Å². The molecule has 0 saturated carbocycles. The largest absolute Gasteiger partial charge is 0.272 e. The second-order valence-corrected chi connectivity index (χ2v) is 7.54. The number of aryl methyl sites for hydroxylation is 2. The van der Waals surface area contributed by atoms with Crippen molar-refractivity contribution in [1.29, 1.82) is 0 Å². The van der Waals surface area contributed by atoms with E-state index in [1.807, 2.05) is 37.3 Å². The lowest BCUT2D eigenvalue weighted by Gasteiger charge is -2.10. The van der Waals surface area contributed by atoms with Crippen LogP contribution in [0.4, 0.5) is 4.39 Å². The Kier molecular flexibility index (Phi) is 6.14. The van der Waals surface area contributed by atoms with E-state index >= 15 is 0 Å². The molecule has 0 radical (unpaired) electrons. The molecule has 1 heterocycles. The van der Waals surface area contributed by atoms with Gasteiger partial charge >= 0.3 is 0 Å². The summed E-state index contributed by atoms with van der Waals surface area (Å²) in [5.41, 5.74) is 8.49. The summed E-state index contributed by atoms with van der Waals surface area (Å²) in [6, 6.07) is 19.1. The molecule has 4 aromatic rings. The van der Waals surface area contributed by atoms with Crippen molar-refractivity contribution in [2.24, 2.45) is 0 Å². The first kappa shape index (κ1) is 21.7. The summed E-state index contributed by atoms with van der Waals surface area (Å²) in [5, 5.41) is 0.995. The first-order valence-corrected chi connectivity index (χ1v) is 10.3. The average molecular weight is 437 g/mol. The van der Waals surface area contributed by atoms with Crippen molar-refractivity contribution in [2.75, 3.05) is 0 Å². The van der Waals surface area contributed by atoms with Gasteiger partial charge in [0, 0.05) is 28.3 Å². The standard InChI is InChI=1S/C27H20FN3O2/c1-17-10-12-22(26(32)30-31-27(33)25-18(2)6-5-8-23(25)28)15-20(17)13-11-19-14-21-7-3-4-9-24(21)29-16-19/h3-10,12,14-16H,1-2H3,(H,30,32)(H,31,33). The quantitative estimate of drug-likeness (QED) is 0.359. The molecule has 162 valence electrons. The normalized spacial score (nSPS) is 10.3. The van der Waals surface area contributed by atoms with Crippen LogP contribution in [0.25, 0.3) is 10.9 Å². The highest BCUT2D eigenvalue weighted by molar-refractivity contribution is 6.00. The molecule has 2 amide bonds. The third-order valence-corrected chi connectivity index (χ3v) is 5.17. The minimum absolute atomic E-state index is 0.114. The van der Waals surface area contributed by atoms with Crippen LogP contribution in [0.2, 0.25) is 0 Å². The second kappa shape index (κ2) is 9.33. The number of benzene rings is 3. The number of para-hydroxylation sites is 1. The molecule has 4 rings (SSSR count). The van der Waals surface area contributed by atoms with Crippen molar-refractivity contribution in [3.8, 4) is 11.8 Å². The second-order valence-electron chi connectivity index (χ2n) is 7.54. The number of rotatable bonds is 2. The number of nitrogens with one attached hydrogen (secondary N) is 2. The molecule has 6 heteroatoms. The summed E-state index contributed by atoms with van der Waals surface area (Å²) in [6.45, 7) is 3.52. The minimum atomic E-state index is -0.727. The van der Waals surface area contributed by atoms with Gasteiger partial charge in [0.1, 0.15) is 5.82 Å². The molecular weight excluding hydrogens is 417 g/mol. The van der Waals surface area contributed by atoms with Gasteiger partial charge in [-0.2, -0.15) is 0 Å². The fourth-order valence-electron chi connectivity index (χ4n) is 3.34. The molecule has 1 aromatic heterocycles. The van der Waals surface area contributed by atoms with Gasteiger partial charge in [-0.25, -0.2) is 4.39 Å². The van der Waals surface area contributed by atoms with Crippen LogP contribution < -0.4 is 10.9 Å². The molecule has 0 aliphatic heterocycles. The number of fused-ring (bicyclic) bond motifs is 1. The zero-order valence-corrected chi connectivity index (χ0v) is 18.1. The predicted molar refractivity (Wildman–Crippen MR) is 125 cm³/mol. The van der Waals surface area contributed by atoms with E-state index in [1.165, 1.54) is 12.1 Å². The Balaban J connectivity index is 1.50. The molecule has 0 atom stereocenters. The van der Waals surface area contributed by atoms with Crippen molar-refractivity contribution < 1.29 is 14.0 Å². The van der Waals surface area contributed by atoms with Crippen molar-refractivity contribution in [3.63, 3.8) is 0 Å². The molecule has 0 spiro atoms. The van der Waals surface area contributed by atoms with E-state index in [2.05, 4.69) is 27.7 Å². The fourth-order valence-corrected chi connectivity index (χ4v) is 3.34. The van der Waals surface area contributed by atoms with Gasteiger partial charge in [0.2, 0.25) is 0 Å². The van der Waals surface area contributed by atoms with Crippen LogP contribution in [0.3, 0.4) is 0 Å². The van der Waals surface area contributed by atoms with Crippen molar-refractivity contribution in [3.05, 3.63) is 112 Å². The van der Waals surface area contributed by atoms with E-state index in [4.69, 9.17) is 0 Å². The van der Waals surface area contributed by atoms with Gasteiger partial charge in [0.15, 0.2) is 0 Å². The van der Waals surface area contributed by atoms with Crippen LogP contribution in [-0.4, -0.2) is 16.8 Å². The number of carbonyl (C=O) groups excluding carboxylic acids is 2. The van der Waals surface area contributed by atoms with Crippen LogP contribution in [0.1, 0.15) is 43.0 Å². The Morgan fingerprint density at radius 2 is 1.64 bits per heavy atom. The first-order chi connectivity index (χ1) is 15.9. The number of hydrogen-bond donors (Lipinski definition) is 2. The number of aromatic nitrogens is 1. The number of carbonyl (C=O) groups is 2. The predicted octanol–water partition coefficient (Wildman–Crippen LogP) is 4.47. The van der Waals surface area contributed by atoms with Gasteiger partial charge < -0.3 is 0 Å². The third-order valence-electron chi connectivity index (χ3n) is 5.17. The average Bonchev–Trinajstić information content (AvgIpc) is 2.81. The molecule has 3 aromatic carbocycles. The van der Waals surface area contributed by atoms with Crippen LogP contribution in [0.15, 0.2) is 72.9 Å². The highest BCUT2D eigenvalue weighted by Crippen LogP contribution is 2.14. The van der Waals surface area contributed by atoms with Gasteiger partial charge in [-0.3, -0.25) is 25.4 Å². The van der Waals surface area contributed by atoms with Crippen molar-refractivity contribution >= 4 is 22.7 Å². The summed E-state index contributed by atoms with van der Waals surface area (Å²) in [4.78, 5) is 29.3. The number of hydrazine groups is 1. The molecule has 33 heavy (non-hydrogen) atoms. The van der Waals surface area contributed by atoms with Crippen LogP contribution in [0.5, 0.6) is 0 Å². The number of amides is 2. The molecular formula is C27H20FN3O2. The Morgan fingerprint density at radius 1 is 0.848 bits per heavy atom. The van der Waals surface area contributed by atoms with E-state index < -0.39 is 17.6 Å². The van der Waals surface area contributed by atoms with E-state index in [1.54, 1.807) is 37.4 Å². The molecule has 0 fully saturated rings. The van der Waals surface area contributed by atoms with Crippen LogP contribution in [-0.2, 0) is 0 Å². The summed E-state index contributed by atoms with van der Waals surface area (Å²) in [5.74, 6) is 4.26. The smallest absolute Gasteiger partial charge is 0.267 e. The van der Waals surface area contributed by atoms with Crippen LogP contribution >= 0.6 is 0 Å². The molecule has 0 unspecified atom stereocenters. The zero-order chi connectivity index (χ0) is 23.4. The maximum Gasteiger partial charge on any atom is 0.272 e. The summed E-state index contributed by atoms with van der Waals surface area (Å²) < 4.78 is 14.0. The summed E-state index contributed by atoms with van der Waals surface area (Å²) in [7, 11) is 0.